The molecule has 5 heteroatoms. The van der Waals surface area contributed by atoms with E-state index in [-0.39, 0.29) is 17.2 Å². The normalized spacial score (nSPS) is 15.2. The van der Waals surface area contributed by atoms with E-state index < -0.39 is 0 Å². The van der Waals surface area contributed by atoms with Gasteiger partial charge in [-0.2, -0.15) is 0 Å². The predicted molar refractivity (Wildman–Crippen MR) is 104 cm³/mol. The van der Waals surface area contributed by atoms with Crippen LogP contribution in [-0.4, -0.2) is 54.9 Å². The predicted octanol–water partition coefficient (Wildman–Crippen LogP) is 3.39. The first-order chi connectivity index (χ1) is 12.2. The van der Waals surface area contributed by atoms with Crippen molar-refractivity contribution in [1.82, 2.24) is 9.80 Å². The minimum atomic E-state index is -0.112. The molecule has 1 heterocycles. The number of methoxy groups -OCH3 is 1. The van der Waals surface area contributed by atoms with Crippen molar-refractivity contribution in [3.05, 3.63) is 28.8 Å². The van der Waals surface area contributed by atoms with Crippen molar-refractivity contribution in [2.75, 3.05) is 33.3 Å². The zero-order valence-corrected chi connectivity index (χ0v) is 17.0. The summed E-state index contributed by atoms with van der Waals surface area (Å²) in [5.41, 5.74) is 2.57. The molecular weight excluding hydrogens is 328 g/mol. The standard InChI is InChI=1S/C21H32N2O3/c1-7-8-19(24)22-9-11-23(12-10-22)20(25)16-14-17(21(3,4)5)18(26-6)13-15(16)2/h13-14H,7-12H2,1-6H3. The molecule has 5 nitrogen and oxygen atoms in total. The average Bonchev–Trinajstić information content (AvgIpc) is 2.60. The van der Waals surface area contributed by atoms with Gasteiger partial charge in [0.2, 0.25) is 5.91 Å². The molecule has 0 saturated carbocycles. The molecule has 144 valence electrons. The highest BCUT2D eigenvalue weighted by Gasteiger charge is 2.27. The lowest BCUT2D eigenvalue weighted by atomic mass is 9.84. The maximum atomic E-state index is 13.1. The van der Waals surface area contributed by atoms with Crippen molar-refractivity contribution in [3.63, 3.8) is 0 Å². The summed E-state index contributed by atoms with van der Waals surface area (Å²) < 4.78 is 5.53. The Balaban J connectivity index is 2.19. The second kappa shape index (κ2) is 8.11. The number of ether oxygens (including phenoxy) is 1. The summed E-state index contributed by atoms with van der Waals surface area (Å²) in [6, 6.07) is 3.93. The van der Waals surface area contributed by atoms with Gasteiger partial charge in [0.05, 0.1) is 7.11 Å². The molecule has 0 atom stereocenters. The maximum Gasteiger partial charge on any atom is 0.254 e. The van der Waals surface area contributed by atoms with Gasteiger partial charge in [0.25, 0.3) is 5.91 Å². The second-order valence-electron chi connectivity index (χ2n) is 8.04. The highest BCUT2D eigenvalue weighted by atomic mass is 16.5. The largest absolute Gasteiger partial charge is 0.496 e. The zero-order chi connectivity index (χ0) is 19.5. The van der Waals surface area contributed by atoms with Gasteiger partial charge in [0, 0.05) is 43.7 Å². The molecule has 0 radical (unpaired) electrons. The Labute approximate surface area is 157 Å². The van der Waals surface area contributed by atoms with Crippen LogP contribution in [0.3, 0.4) is 0 Å². The molecule has 0 spiro atoms. The van der Waals surface area contributed by atoms with Crippen molar-refractivity contribution in [1.29, 1.82) is 0 Å². The van der Waals surface area contributed by atoms with Crippen molar-refractivity contribution < 1.29 is 14.3 Å². The number of rotatable bonds is 4. The van der Waals surface area contributed by atoms with Crippen LogP contribution in [0.5, 0.6) is 5.75 Å². The van der Waals surface area contributed by atoms with Crippen LogP contribution in [0.1, 0.15) is 62.0 Å². The molecule has 1 aliphatic heterocycles. The molecule has 1 fully saturated rings. The van der Waals surface area contributed by atoms with E-state index in [4.69, 9.17) is 4.74 Å². The second-order valence-corrected chi connectivity index (χ2v) is 8.04. The minimum Gasteiger partial charge on any atom is -0.496 e. The summed E-state index contributed by atoms with van der Waals surface area (Å²) in [6.45, 7) is 12.7. The summed E-state index contributed by atoms with van der Waals surface area (Å²) in [7, 11) is 1.66. The van der Waals surface area contributed by atoms with Gasteiger partial charge in [0.15, 0.2) is 0 Å². The van der Waals surface area contributed by atoms with Gasteiger partial charge in [-0.3, -0.25) is 9.59 Å². The molecular formula is C21H32N2O3. The van der Waals surface area contributed by atoms with Crippen LogP contribution in [0.25, 0.3) is 0 Å². The molecule has 26 heavy (non-hydrogen) atoms. The van der Waals surface area contributed by atoms with Gasteiger partial charge in [-0.1, -0.05) is 27.7 Å². The summed E-state index contributed by atoms with van der Waals surface area (Å²) >= 11 is 0. The minimum absolute atomic E-state index is 0.0400. The third kappa shape index (κ3) is 4.37. The van der Waals surface area contributed by atoms with Crippen molar-refractivity contribution in [2.24, 2.45) is 0 Å². The Kier molecular flexibility index (Phi) is 6.32. The molecule has 1 aliphatic rings. The Morgan fingerprint density at radius 1 is 1.08 bits per heavy atom. The number of carbonyl (C=O) groups excluding carboxylic acids is 2. The number of hydrogen-bond donors (Lipinski definition) is 0. The molecule has 0 aromatic heterocycles. The summed E-state index contributed by atoms with van der Waals surface area (Å²) in [5, 5.41) is 0. The monoisotopic (exact) mass is 360 g/mol. The van der Waals surface area contributed by atoms with E-state index in [1.54, 1.807) is 7.11 Å². The van der Waals surface area contributed by atoms with Gasteiger partial charge >= 0.3 is 0 Å². The number of piperazine rings is 1. The molecule has 1 aromatic rings. The summed E-state index contributed by atoms with van der Waals surface area (Å²) in [4.78, 5) is 28.8. The van der Waals surface area contributed by atoms with Gasteiger partial charge in [-0.15, -0.1) is 0 Å². The third-order valence-electron chi connectivity index (χ3n) is 4.97. The number of nitrogens with zero attached hydrogens (tertiary/aromatic N) is 2. The number of amides is 2. The topological polar surface area (TPSA) is 49.9 Å². The lowest BCUT2D eigenvalue weighted by Crippen LogP contribution is -2.50. The van der Waals surface area contributed by atoms with E-state index >= 15 is 0 Å². The van der Waals surface area contributed by atoms with Gasteiger partial charge in [0.1, 0.15) is 5.75 Å². The Morgan fingerprint density at radius 2 is 1.65 bits per heavy atom. The number of benzene rings is 1. The fourth-order valence-corrected chi connectivity index (χ4v) is 3.37. The molecule has 0 aliphatic carbocycles. The van der Waals surface area contributed by atoms with Crippen LogP contribution >= 0.6 is 0 Å². The fourth-order valence-electron chi connectivity index (χ4n) is 3.37. The first kappa shape index (κ1) is 20.3. The highest BCUT2D eigenvalue weighted by molar-refractivity contribution is 5.96. The molecule has 1 saturated heterocycles. The van der Waals surface area contributed by atoms with E-state index in [9.17, 15) is 9.59 Å². The first-order valence-corrected chi connectivity index (χ1v) is 9.45. The maximum absolute atomic E-state index is 13.1. The van der Waals surface area contributed by atoms with Crippen molar-refractivity contribution in [2.45, 2.75) is 52.9 Å². The van der Waals surface area contributed by atoms with E-state index in [2.05, 4.69) is 20.8 Å². The molecule has 2 amide bonds. The average molecular weight is 360 g/mol. The van der Waals surface area contributed by atoms with Crippen molar-refractivity contribution in [3.8, 4) is 5.75 Å². The van der Waals surface area contributed by atoms with Crippen LogP contribution in [0.4, 0.5) is 0 Å². The first-order valence-electron chi connectivity index (χ1n) is 9.45. The summed E-state index contributed by atoms with van der Waals surface area (Å²) in [5.74, 6) is 1.05. The van der Waals surface area contributed by atoms with E-state index in [1.807, 2.05) is 35.8 Å². The van der Waals surface area contributed by atoms with E-state index in [0.29, 0.717) is 32.6 Å². The lowest BCUT2D eigenvalue weighted by Gasteiger charge is -2.35. The molecule has 1 aromatic carbocycles. The molecule has 0 bridgehead atoms. The van der Waals surface area contributed by atoms with Crippen LogP contribution in [0, 0.1) is 6.92 Å². The Hall–Kier alpha value is -2.04. The number of hydrogen-bond acceptors (Lipinski definition) is 3. The van der Waals surface area contributed by atoms with Crippen LogP contribution in [-0.2, 0) is 10.2 Å². The summed E-state index contributed by atoms with van der Waals surface area (Å²) in [6.07, 6.45) is 1.44. The van der Waals surface area contributed by atoms with Crippen molar-refractivity contribution >= 4 is 11.8 Å². The van der Waals surface area contributed by atoms with Gasteiger partial charge in [-0.05, 0) is 36.5 Å². The smallest absolute Gasteiger partial charge is 0.254 e. The van der Waals surface area contributed by atoms with Crippen LogP contribution in [0.15, 0.2) is 12.1 Å². The van der Waals surface area contributed by atoms with Crippen LogP contribution in [0.2, 0.25) is 0 Å². The van der Waals surface area contributed by atoms with E-state index in [1.165, 1.54) is 0 Å². The quantitative estimate of drug-likeness (QED) is 0.827. The Morgan fingerprint density at radius 3 is 2.15 bits per heavy atom. The molecule has 0 unspecified atom stereocenters. The molecule has 2 rings (SSSR count). The zero-order valence-electron chi connectivity index (χ0n) is 17.0. The fraction of sp³-hybridized carbons (Fsp3) is 0.619. The van der Waals surface area contributed by atoms with Crippen LogP contribution < -0.4 is 4.74 Å². The van der Waals surface area contributed by atoms with E-state index in [0.717, 1.165) is 28.9 Å². The molecule has 0 N–H and O–H groups in total. The highest BCUT2D eigenvalue weighted by Crippen LogP contribution is 2.34. The lowest BCUT2D eigenvalue weighted by molar-refractivity contribution is -0.132. The number of carbonyl (C=O) groups is 2. The SMILES string of the molecule is CCCC(=O)N1CCN(C(=O)c2cc(C(C)(C)C)c(OC)cc2C)CC1. The van der Waals surface area contributed by atoms with Gasteiger partial charge in [-0.25, -0.2) is 0 Å². The third-order valence-corrected chi connectivity index (χ3v) is 4.97. The number of aryl methyl sites for hydroxylation is 1. The Bertz CT molecular complexity index is 669. The van der Waals surface area contributed by atoms with Gasteiger partial charge < -0.3 is 14.5 Å².